The van der Waals surface area contributed by atoms with E-state index in [1.807, 2.05) is 0 Å². The third-order valence-electron chi connectivity index (χ3n) is 4.68. The molecule has 1 amide bonds. The first-order chi connectivity index (χ1) is 14.1. The van der Waals surface area contributed by atoms with Gasteiger partial charge in [-0.2, -0.15) is 0 Å². The van der Waals surface area contributed by atoms with Crippen LogP contribution in [0.4, 0.5) is 5.69 Å². The summed E-state index contributed by atoms with van der Waals surface area (Å²) < 4.78 is 41.7. The van der Waals surface area contributed by atoms with Crippen LogP contribution in [0.15, 0.2) is 42.5 Å². The quantitative estimate of drug-likeness (QED) is 0.650. The Bertz CT molecular complexity index is 975. The first-order valence-electron chi connectivity index (χ1n) is 9.28. The van der Waals surface area contributed by atoms with Crippen molar-refractivity contribution in [1.29, 1.82) is 0 Å². The smallest absolute Gasteiger partial charge is 0.244 e. The maximum absolute atomic E-state index is 13.0. The zero-order valence-corrected chi connectivity index (χ0v) is 18.8. The lowest BCUT2D eigenvalue weighted by molar-refractivity contribution is -0.122. The van der Waals surface area contributed by atoms with Crippen LogP contribution in [0.1, 0.15) is 25.5 Å². The number of rotatable bonds is 9. The molecule has 0 aliphatic rings. The highest BCUT2D eigenvalue weighted by molar-refractivity contribution is 7.92. The first kappa shape index (κ1) is 23.3. The lowest BCUT2D eigenvalue weighted by Crippen LogP contribution is -2.48. The van der Waals surface area contributed by atoms with Crippen LogP contribution in [-0.4, -0.2) is 48.0 Å². The summed E-state index contributed by atoms with van der Waals surface area (Å²) in [5, 5.41) is 2.86. The summed E-state index contributed by atoms with van der Waals surface area (Å²) in [6, 6.07) is 10.3. The molecular formula is C21H28N2O6S. The van der Waals surface area contributed by atoms with E-state index in [0.717, 1.165) is 10.6 Å². The molecule has 0 aliphatic heterocycles. The maximum Gasteiger partial charge on any atom is 0.244 e. The van der Waals surface area contributed by atoms with Crippen molar-refractivity contribution in [3.8, 4) is 17.2 Å². The fourth-order valence-electron chi connectivity index (χ4n) is 3.13. The van der Waals surface area contributed by atoms with E-state index in [-0.39, 0.29) is 0 Å². The first-order valence-corrected chi connectivity index (χ1v) is 11.1. The number of hydrogen-bond donors (Lipinski definition) is 1. The van der Waals surface area contributed by atoms with Crippen LogP contribution in [0.2, 0.25) is 0 Å². The van der Waals surface area contributed by atoms with Gasteiger partial charge in [0.15, 0.2) is 0 Å². The van der Waals surface area contributed by atoms with Crippen LogP contribution in [-0.2, 0) is 14.8 Å². The normalized spacial score (nSPS) is 13.1. The summed E-state index contributed by atoms with van der Waals surface area (Å²) >= 11 is 0. The van der Waals surface area contributed by atoms with E-state index >= 15 is 0 Å². The van der Waals surface area contributed by atoms with Crippen molar-refractivity contribution in [3.05, 3.63) is 48.0 Å². The predicted octanol–water partition coefficient (Wildman–Crippen LogP) is 2.74. The fraction of sp³-hybridized carbons (Fsp3) is 0.381. The number of anilines is 1. The lowest BCUT2D eigenvalue weighted by atomic mass is 10.1. The summed E-state index contributed by atoms with van der Waals surface area (Å²) in [4.78, 5) is 13.0. The van der Waals surface area contributed by atoms with Crippen LogP contribution in [0.25, 0.3) is 0 Å². The average Bonchev–Trinajstić information content (AvgIpc) is 2.72. The van der Waals surface area contributed by atoms with Crippen LogP contribution < -0.4 is 23.8 Å². The molecule has 0 aliphatic carbocycles. The van der Waals surface area contributed by atoms with Crippen molar-refractivity contribution in [2.75, 3.05) is 31.9 Å². The van der Waals surface area contributed by atoms with E-state index in [9.17, 15) is 13.2 Å². The second-order valence-corrected chi connectivity index (χ2v) is 8.63. The summed E-state index contributed by atoms with van der Waals surface area (Å²) in [7, 11) is 0.893. The predicted molar refractivity (Wildman–Crippen MR) is 116 cm³/mol. The minimum atomic E-state index is -3.72. The van der Waals surface area contributed by atoms with Gasteiger partial charge in [-0.25, -0.2) is 8.42 Å². The molecule has 0 spiro atoms. The third-order valence-corrected chi connectivity index (χ3v) is 5.92. The van der Waals surface area contributed by atoms with E-state index in [1.165, 1.54) is 21.1 Å². The SMILES string of the molecule is COc1ccc(N([C@H](C)C(=O)N[C@H](C)c2cc(OC)ccc2OC)S(C)(=O)=O)cc1. The Morgan fingerprint density at radius 2 is 1.50 bits per heavy atom. The van der Waals surface area contributed by atoms with Gasteiger partial charge in [0.2, 0.25) is 15.9 Å². The number of ether oxygens (including phenoxy) is 3. The molecule has 1 N–H and O–H groups in total. The highest BCUT2D eigenvalue weighted by Gasteiger charge is 2.30. The Balaban J connectivity index is 2.29. The van der Waals surface area contributed by atoms with Crippen molar-refractivity contribution in [3.63, 3.8) is 0 Å². The molecule has 0 radical (unpaired) electrons. The van der Waals surface area contributed by atoms with E-state index < -0.39 is 28.0 Å². The second-order valence-electron chi connectivity index (χ2n) is 6.77. The molecule has 30 heavy (non-hydrogen) atoms. The van der Waals surface area contributed by atoms with Crippen molar-refractivity contribution < 1.29 is 27.4 Å². The highest BCUT2D eigenvalue weighted by Crippen LogP contribution is 2.30. The molecule has 8 nitrogen and oxygen atoms in total. The molecule has 0 heterocycles. The van der Waals surface area contributed by atoms with Crippen molar-refractivity contribution >= 4 is 21.6 Å². The summed E-state index contributed by atoms with van der Waals surface area (Å²) in [5.41, 5.74) is 1.08. The van der Waals surface area contributed by atoms with Crippen molar-refractivity contribution in [1.82, 2.24) is 5.32 Å². The zero-order chi connectivity index (χ0) is 22.5. The second kappa shape index (κ2) is 9.71. The van der Waals surface area contributed by atoms with Crippen LogP contribution in [0.3, 0.4) is 0 Å². The minimum Gasteiger partial charge on any atom is -0.497 e. The Morgan fingerprint density at radius 1 is 0.933 bits per heavy atom. The maximum atomic E-state index is 13.0. The Hall–Kier alpha value is -2.94. The molecule has 0 saturated heterocycles. The van der Waals surface area contributed by atoms with E-state index in [1.54, 1.807) is 56.5 Å². The summed E-state index contributed by atoms with van der Waals surface area (Å²) in [6.45, 7) is 3.33. The monoisotopic (exact) mass is 436 g/mol. The zero-order valence-electron chi connectivity index (χ0n) is 18.0. The minimum absolute atomic E-state index is 0.368. The molecule has 164 valence electrons. The van der Waals surface area contributed by atoms with Crippen molar-refractivity contribution in [2.45, 2.75) is 25.9 Å². The molecule has 0 saturated carbocycles. The number of benzene rings is 2. The van der Waals surface area contributed by atoms with Crippen LogP contribution in [0.5, 0.6) is 17.2 Å². The van der Waals surface area contributed by atoms with Gasteiger partial charge in [0, 0.05) is 5.56 Å². The summed E-state index contributed by atoms with van der Waals surface area (Å²) in [6.07, 6.45) is 1.07. The van der Waals surface area contributed by atoms with E-state index in [4.69, 9.17) is 14.2 Å². The molecule has 2 atom stereocenters. The topological polar surface area (TPSA) is 94.2 Å². The van der Waals surface area contributed by atoms with Gasteiger partial charge >= 0.3 is 0 Å². The van der Waals surface area contributed by atoms with Gasteiger partial charge in [-0.15, -0.1) is 0 Å². The van der Waals surface area contributed by atoms with Crippen LogP contribution in [0, 0.1) is 0 Å². The molecule has 0 aromatic heterocycles. The van der Waals surface area contributed by atoms with Crippen LogP contribution >= 0.6 is 0 Å². The number of hydrogen-bond acceptors (Lipinski definition) is 6. The molecule has 9 heteroatoms. The number of methoxy groups -OCH3 is 3. The number of sulfonamides is 1. The Kier molecular flexibility index (Phi) is 7.55. The largest absolute Gasteiger partial charge is 0.497 e. The molecule has 0 bridgehead atoms. The van der Waals surface area contributed by atoms with Gasteiger partial charge in [0.1, 0.15) is 23.3 Å². The standard InChI is InChI=1S/C21H28N2O6S/c1-14(19-13-18(28-4)11-12-20(19)29-5)22-21(24)15(2)23(30(6,25)26)16-7-9-17(27-3)10-8-16/h7-15H,1-6H3,(H,22,24)/t14-,15-/m1/s1. The van der Waals surface area contributed by atoms with Gasteiger partial charge in [-0.1, -0.05) is 0 Å². The summed E-state index contributed by atoms with van der Waals surface area (Å²) in [5.74, 6) is 1.35. The number of nitrogens with one attached hydrogen (secondary N) is 1. The molecular weight excluding hydrogens is 408 g/mol. The lowest BCUT2D eigenvalue weighted by Gasteiger charge is -2.29. The highest BCUT2D eigenvalue weighted by atomic mass is 32.2. The van der Waals surface area contributed by atoms with Gasteiger partial charge in [0.25, 0.3) is 0 Å². The van der Waals surface area contributed by atoms with Gasteiger partial charge in [0.05, 0.1) is 39.3 Å². The molecule has 0 unspecified atom stereocenters. The Labute approximate surface area is 177 Å². The number of carbonyl (C=O) groups excluding carboxylic acids is 1. The van der Waals surface area contributed by atoms with Gasteiger partial charge < -0.3 is 19.5 Å². The van der Waals surface area contributed by atoms with Gasteiger partial charge in [-0.3, -0.25) is 9.10 Å². The fourth-order valence-corrected chi connectivity index (χ4v) is 4.30. The number of amides is 1. The Morgan fingerprint density at radius 3 is 2.00 bits per heavy atom. The van der Waals surface area contributed by atoms with Crippen molar-refractivity contribution in [2.24, 2.45) is 0 Å². The molecule has 0 fully saturated rings. The third kappa shape index (κ3) is 5.35. The molecule has 2 rings (SSSR count). The van der Waals surface area contributed by atoms with Gasteiger partial charge in [-0.05, 0) is 56.3 Å². The average molecular weight is 437 g/mol. The van der Waals surface area contributed by atoms with E-state index in [2.05, 4.69) is 5.32 Å². The molecule has 2 aromatic carbocycles. The van der Waals surface area contributed by atoms with E-state index in [0.29, 0.717) is 28.5 Å². The number of nitrogens with zero attached hydrogens (tertiary/aromatic N) is 1. The number of carbonyl (C=O) groups is 1. The molecule has 2 aromatic rings.